The Kier molecular flexibility index (Phi) is 5.09. The smallest absolute Gasteiger partial charge is 0.275 e. The van der Waals surface area contributed by atoms with E-state index in [2.05, 4.69) is 5.32 Å². The summed E-state index contributed by atoms with van der Waals surface area (Å²) in [5.41, 5.74) is 2.89. The van der Waals surface area contributed by atoms with Gasteiger partial charge in [-0.25, -0.2) is 4.39 Å². The highest BCUT2D eigenvalue weighted by molar-refractivity contribution is 7.16. The molecule has 0 saturated heterocycles. The van der Waals surface area contributed by atoms with Crippen molar-refractivity contribution in [1.82, 2.24) is 9.88 Å². The minimum atomic E-state index is -1.15. The van der Waals surface area contributed by atoms with Crippen LogP contribution in [0.3, 0.4) is 0 Å². The second kappa shape index (κ2) is 7.85. The highest BCUT2D eigenvalue weighted by atomic mass is 32.1. The average Bonchev–Trinajstić information content (AvgIpc) is 3.38. The monoisotopic (exact) mass is 461 g/mol. The number of rotatable bonds is 4. The van der Waals surface area contributed by atoms with Crippen molar-refractivity contribution in [2.24, 2.45) is 0 Å². The quantitative estimate of drug-likeness (QED) is 0.455. The van der Waals surface area contributed by atoms with Gasteiger partial charge in [0, 0.05) is 17.6 Å². The molecule has 0 bridgehead atoms. The van der Waals surface area contributed by atoms with Gasteiger partial charge in [0.1, 0.15) is 21.9 Å². The van der Waals surface area contributed by atoms with E-state index in [-0.39, 0.29) is 24.2 Å². The maximum atomic E-state index is 13.9. The molecule has 3 heterocycles. The fourth-order valence-electron chi connectivity index (χ4n) is 4.51. The van der Waals surface area contributed by atoms with Gasteiger partial charge in [-0.05, 0) is 73.2 Å². The van der Waals surface area contributed by atoms with E-state index in [0.717, 1.165) is 32.6 Å². The molecule has 1 atom stereocenters. The minimum absolute atomic E-state index is 0.196. The van der Waals surface area contributed by atoms with Crippen LogP contribution in [0, 0.1) is 19.7 Å². The molecular weight excluding hydrogens is 437 g/mol. The molecule has 2 amide bonds. The first-order chi connectivity index (χ1) is 15.8. The first-order valence-corrected chi connectivity index (χ1v) is 11.7. The highest BCUT2D eigenvalue weighted by Gasteiger charge is 2.49. The molecule has 0 unspecified atom stereocenters. The van der Waals surface area contributed by atoms with Crippen LogP contribution in [-0.2, 0) is 17.9 Å². The van der Waals surface area contributed by atoms with Crippen molar-refractivity contribution in [3.8, 4) is 0 Å². The molecule has 4 aromatic rings. The van der Waals surface area contributed by atoms with Gasteiger partial charge in [-0.1, -0.05) is 24.3 Å². The molecule has 0 spiro atoms. The second-order valence-corrected chi connectivity index (χ2v) is 9.70. The van der Waals surface area contributed by atoms with Gasteiger partial charge >= 0.3 is 0 Å². The molecule has 0 saturated carbocycles. The molecule has 2 aromatic heterocycles. The highest BCUT2D eigenvalue weighted by Crippen LogP contribution is 2.38. The van der Waals surface area contributed by atoms with Crippen LogP contribution in [0.4, 0.5) is 10.1 Å². The topological polar surface area (TPSA) is 54.3 Å². The zero-order valence-electron chi connectivity index (χ0n) is 18.7. The molecule has 1 N–H and O–H groups in total. The molecule has 168 valence electrons. The van der Waals surface area contributed by atoms with Gasteiger partial charge in [-0.2, -0.15) is 0 Å². The number of benzene rings is 2. The predicted octanol–water partition coefficient (Wildman–Crippen LogP) is 5.19. The molecule has 0 aliphatic carbocycles. The number of nitrogens with one attached hydrogen (secondary N) is 1. The Morgan fingerprint density at radius 2 is 1.88 bits per heavy atom. The lowest BCUT2D eigenvalue weighted by Crippen LogP contribution is -2.64. The Morgan fingerprint density at radius 1 is 1.12 bits per heavy atom. The normalized spacial score (nSPS) is 17.9. The van der Waals surface area contributed by atoms with Gasteiger partial charge in [0.15, 0.2) is 0 Å². The minimum Gasteiger partial charge on any atom is -0.350 e. The molecule has 5 nitrogen and oxygen atoms in total. The lowest BCUT2D eigenvalue weighted by molar-refractivity contribution is -0.126. The molecule has 1 aliphatic rings. The summed E-state index contributed by atoms with van der Waals surface area (Å²) in [6, 6.07) is 15.9. The lowest BCUT2D eigenvalue weighted by atomic mass is 9.92. The van der Waals surface area contributed by atoms with Gasteiger partial charge in [0.05, 0.1) is 6.54 Å². The summed E-state index contributed by atoms with van der Waals surface area (Å²) in [6.45, 7) is 6.32. The van der Waals surface area contributed by atoms with Gasteiger partial charge in [-0.15, -0.1) is 11.3 Å². The zero-order chi connectivity index (χ0) is 23.3. The van der Waals surface area contributed by atoms with Crippen molar-refractivity contribution in [1.29, 1.82) is 0 Å². The van der Waals surface area contributed by atoms with Crippen LogP contribution in [0.1, 0.15) is 34.1 Å². The standard InChI is InChI=1S/C26H24FN3O2S/c1-16-4-5-17(2)21(12-16)30-23(31)22-13-19-10-11-33-24(19)29(22)15-26(30,3)25(32)28-14-18-6-8-20(27)9-7-18/h4-13H,14-15H2,1-3H3,(H,28,32)/t26-/m0/s1. The summed E-state index contributed by atoms with van der Waals surface area (Å²) in [4.78, 5) is 30.2. The summed E-state index contributed by atoms with van der Waals surface area (Å²) in [5.74, 6) is -0.779. The van der Waals surface area contributed by atoms with Crippen LogP contribution in [-0.4, -0.2) is 21.9 Å². The largest absolute Gasteiger partial charge is 0.350 e. The Hall–Kier alpha value is -3.45. The SMILES string of the molecule is Cc1ccc(C)c(N2C(=O)c3cc4ccsc4n3C[C@@]2(C)C(=O)NCc2ccc(F)cc2)c1. The summed E-state index contributed by atoms with van der Waals surface area (Å²) < 4.78 is 15.2. The zero-order valence-corrected chi connectivity index (χ0v) is 19.5. The number of carbonyl (C=O) groups is 2. The number of halogens is 1. The number of hydrogen-bond donors (Lipinski definition) is 1. The molecular formula is C26H24FN3O2S. The molecule has 2 aromatic carbocycles. The third-order valence-electron chi connectivity index (χ3n) is 6.35. The maximum absolute atomic E-state index is 13.9. The fraction of sp³-hybridized carbons (Fsp3) is 0.231. The Balaban J connectivity index is 1.58. The lowest BCUT2D eigenvalue weighted by Gasteiger charge is -2.44. The number of hydrogen-bond acceptors (Lipinski definition) is 3. The molecule has 0 fully saturated rings. The summed E-state index contributed by atoms with van der Waals surface area (Å²) >= 11 is 1.56. The van der Waals surface area contributed by atoms with Crippen LogP contribution in [0.5, 0.6) is 0 Å². The number of thiophene rings is 1. The van der Waals surface area contributed by atoms with Crippen LogP contribution in [0.15, 0.2) is 60.0 Å². The number of fused-ring (bicyclic) bond motifs is 3. The van der Waals surface area contributed by atoms with Crippen molar-refractivity contribution in [2.45, 2.75) is 39.4 Å². The predicted molar refractivity (Wildman–Crippen MR) is 129 cm³/mol. The van der Waals surface area contributed by atoms with Crippen LogP contribution >= 0.6 is 11.3 Å². The molecule has 5 rings (SSSR count). The molecule has 1 aliphatic heterocycles. The van der Waals surface area contributed by atoms with E-state index >= 15 is 0 Å². The van der Waals surface area contributed by atoms with Gasteiger partial charge in [-0.3, -0.25) is 14.5 Å². The number of aromatic nitrogens is 1. The van der Waals surface area contributed by atoms with E-state index in [1.807, 2.05) is 61.1 Å². The van der Waals surface area contributed by atoms with Gasteiger partial charge in [0.2, 0.25) is 5.91 Å². The molecule has 33 heavy (non-hydrogen) atoms. The summed E-state index contributed by atoms with van der Waals surface area (Å²) in [6.07, 6.45) is 0. The third kappa shape index (κ3) is 3.53. The number of nitrogens with zero attached hydrogens (tertiary/aromatic N) is 2. The number of amides is 2. The van der Waals surface area contributed by atoms with E-state index in [9.17, 15) is 14.0 Å². The number of aryl methyl sites for hydroxylation is 2. The number of anilines is 1. The summed E-state index contributed by atoms with van der Waals surface area (Å²) in [5, 5.41) is 5.97. The third-order valence-corrected chi connectivity index (χ3v) is 7.30. The van der Waals surface area contributed by atoms with Gasteiger partial charge < -0.3 is 9.88 Å². The maximum Gasteiger partial charge on any atom is 0.275 e. The van der Waals surface area contributed by atoms with Crippen molar-refractivity contribution >= 4 is 39.1 Å². The van der Waals surface area contributed by atoms with Crippen LogP contribution < -0.4 is 10.2 Å². The van der Waals surface area contributed by atoms with E-state index < -0.39 is 5.54 Å². The molecule has 0 radical (unpaired) electrons. The Labute approximate surface area is 195 Å². The first kappa shape index (κ1) is 21.4. The average molecular weight is 462 g/mol. The van der Waals surface area contributed by atoms with Crippen molar-refractivity contribution in [3.05, 3.63) is 88.2 Å². The fourth-order valence-corrected chi connectivity index (χ4v) is 5.41. The summed E-state index contributed by atoms with van der Waals surface area (Å²) in [7, 11) is 0. The van der Waals surface area contributed by atoms with E-state index in [4.69, 9.17) is 0 Å². The Morgan fingerprint density at radius 3 is 2.64 bits per heavy atom. The van der Waals surface area contributed by atoms with Crippen LogP contribution in [0.25, 0.3) is 10.2 Å². The first-order valence-electron chi connectivity index (χ1n) is 10.8. The van der Waals surface area contributed by atoms with E-state index in [0.29, 0.717) is 12.2 Å². The van der Waals surface area contributed by atoms with Crippen molar-refractivity contribution in [2.75, 3.05) is 4.90 Å². The van der Waals surface area contributed by atoms with Gasteiger partial charge in [0.25, 0.3) is 5.91 Å². The van der Waals surface area contributed by atoms with Crippen molar-refractivity contribution < 1.29 is 14.0 Å². The second-order valence-electron chi connectivity index (χ2n) is 8.81. The van der Waals surface area contributed by atoms with E-state index in [1.165, 1.54) is 12.1 Å². The van der Waals surface area contributed by atoms with Crippen LogP contribution in [0.2, 0.25) is 0 Å². The number of carbonyl (C=O) groups excluding carboxylic acids is 2. The van der Waals surface area contributed by atoms with Crippen molar-refractivity contribution in [3.63, 3.8) is 0 Å². The molecule has 7 heteroatoms. The van der Waals surface area contributed by atoms with E-state index in [1.54, 1.807) is 28.4 Å². The Bertz CT molecular complexity index is 1390.